The SMILES string of the molecule is CC=N/C(=C(\C)F)c1cc(C)nc2c(OCc3c(C)ccnc3Cn3cccc(C(F)(F)F)c3=O)cccc12. The zero-order valence-electron chi connectivity index (χ0n) is 21.8. The third-order valence-corrected chi connectivity index (χ3v) is 6.17. The van der Waals surface area contributed by atoms with E-state index in [1.54, 1.807) is 44.2 Å². The van der Waals surface area contributed by atoms with E-state index in [2.05, 4.69) is 15.0 Å². The number of hydrogen-bond acceptors (Lipinski definition) is 5. The van der Waals surface area contributed by atoms with Crippen LogP contribution < -0.4 is 10.3 Å². The van der Waals surface area contributed by atoms with Gasteiger partial charge in [-0.3, -0.25) is 14.8 Å². The van der Waals surface area contributed by atoms with Crippen LogP contribution in [0.25, 0.3) is 16.6 Å². The molecular formula is C29H26F4N4O2. The molecule has 39 heavy (non-hydrogen) atoms. The zero-order valence-corrected chi connectivity index (χ0v) is 21.8. The Labute approximate surface area is 222 Å². The predicted octanol–water partition coefficient (Wildman–Crippen LogP) is 6.80. The normalized spacial score (nSPS) is 12.7. The highest BCUT2D eigenvalue weighted by Gasteiger charge is 2.34. The van der Waals surface area contributed by atoms with Crippen molar-refractivity contribution in [2.45, 2.75) is 47.0 Å². The van der Waals surface area contributed by atoms with Crippen molar-refractivity contribution in [3.05, 3.63) is 105 Å². The van der Waals surface area contributed by atoms with Crippen LogP contribution in [0.3, 0.4) is 0 Å². The fourth-order valence-electron chi connectivity index (χ4n) is 4.30. The Kier molecular flexibility index (Phi) is 7.94. The minimum absolute atomic E-state index is 0.0186. The van der Waals surface area contributed by atoms with Crippen LogP contribution in [0.15, 0.2) is 70.5 Å². The molecule has 0 aliphatic carbocycles. The van der Waals surface area contributed by atoms with Gasteiger partial charge in [-0.25, -0.2) is 9.37 Å². The van der Waals surface area contributed by atoms with Gasteiger partial charge in [0.25, 0.3) is 5.56 Å². The van der Waals surface area contributed by atoms with Crippen LogP contribution in [0.5, 0.6) is 5.75 Å². The first-order chi connectivity index (χ1) is 18.5. The maximum atomic E-state index is 14.4. The summed E-state index contributed by atoms with van der Waals surface area (Å²) in [5, 5.41) is 0.648. The molecular weight excluding hydrogens is 512 g/mol. The lowest BCUT2D eigenvalue weighted by Crippen LogP contribution is -2.29. The number of hydrogen-bond donors (Lipinski definition) is 0. The van der Waals surface area contributed by atoms with E-state index in [-0.39, 0.29) is 18.8 Å². The first kappa shape index (κ1) is 27.7. The van der Waals surface area contributed by atoms with Crippen LogP contribution >= 0.6 is 0 Å². The Hall–Kier alpha value is -4.34. The number of benzene rings is 1. The van der Waals surface area contributed by atoms with Gasteiger partial charge in [0.05, 0.1) is 12.2 Å². The molecule has 0 N–H and O–H groups in total. The Bertz CT molecular complexity index is 1650. The topological polar surface area (TPSA) is 69.4 Å². The molecule has 4 rings (SSSR count). The number of aromatic nitrogens is 3. The average molecular weight is 539 g/mol. The number of halogens is 4. The average Bonchev–Trinajstić information content (AvgIpc) is 2.87. The highest BCUT2D eigenvalue weighted by Crippen LogP contribution is 2.33. The Morgan fingerprint density at radius 1 is 1.15 bits per heavy atom. The minimum Gasteiger partial charge on any atom is -0.487 e. The number of aliphatic imine (C=N–C) groups is 1. The van der Waals surface area contributed by atoms with Gasteiger partial charge in [0.1, 0.15) is 35.0 Å². The standard InChI is InChI=1S/C29H26F4N4O2/c1-5-34-26(19(4)30)21-14-18(3)36-27-20(21)8-6-10-25(27)39-16-22-17(2)11-12-35-24(22)15-37-13-7-9-23(28(37)38)29(31,32)33/h5-14H,15-16H2,1-4H3/b26-19+,34-5?. The number of para-hydroxylation sites is 1. The number of aryl methyl sites for hydroxylation is 2. The van der Waals surface area contributed by atoms with E-state index in [1.807, 2.05) is 6.92 Å². The fourth-order valence-corrected chi connectivity index (χ4v) is 4.30. The largest absolute Gasteiger partial charge is 0.487 e. The monoisotopic (exact) mass is 538 g/mol. The molecule has 0 atom stereocenters. The van der Waals surface area contributed by atoms with Crippen molar-refractivity contribution in [1.82, 2.24) is 14.5 Å². The minimum atomic E-state index is -4.76. The summed E-state index contributed by atoms with van der Waals surface area (Å²) in [6, 6.07) is 10.8. The molecule has 0 unspecified atom stereocenters. The predicted molar refractivity (Wildman–Crippen MR) is 142 cm³/mol. The van der Waals surface area contributed by atoms with Crippen molar-refractivity contribution < 1.29 is 22.3 Å². The highest BCUT2D eigenvalue weighted by atomic mass is 19.4. The van der Waals surface area contributed by atoms with Gasteiger partial charge in [-0.2, -0.15) is 13.2 Å². The molecule has 4 aromatic rings. The van der Waals surface area contributed by atoms with E-state index in [4.69, 9.17) is 4.74 Å². The molecule has 6 nitrogen and oxygen atoms in total. The Morgan fingerprint density at radius 2 is 1.92 bits per heavy atom. The number of pyridine rings is 3. The maximum Gasteiger partial charge on any atom is 0.421 e. The van der Waals surface area contributed by atoms with Gasteiger partial charge in [0.2, 0.25) is 0 Å². The summed E-state index contributed by atoms with van der Waals surface area (Å²) in [5.74, 6) is -0.00832. The lowest BCUT2D eigenvalue weighted by Gasteiger charge is -2.16. The smallest absolute Gasteiger partial charge is 0.421 e. The summed E-state index contributed by atoms with van der Waals surface area (Å²) >= 11 is 0. The van der Waals surface area contributed by atoms with Gasteiger partial charge in [-0.15, -0.1) is 0 Å². The Morgan fingerprint density at radius 3 is 2.62 bits per heavy atom. The van der Waals surface area contributed by atoms with Crippen LogP contribution in [-0.4, -0.2) is 20.7 Å². The molecule has 3 aromatic heterocycles. The summed E-state index contributed by atoms with van der Waals surface area (Å²) in [6.45, 7) is 6.51. The third-order valence-electron chi connectivity index (χ3n) is 6.17. The second-order valence-corrected chi connectivity index (χ2v) is 8.93. The van der Waals surface area contributed by atoms with Gasteiger partial charge in [-0.1, -0.05) is 12.1 Å². The molecule has 0 spiro atoms. The molecule has 0 bridgehead atoms. The van der Waals surface area contributed by atoms with E-state index >= 15 is 0 Å². The number of allylic oxidation sites excluding steroid dienone is 1. The number of alkyl halides is 3. The van der Waals surface area contributed by atoms with Crippen LogP contribution in [-0.2, 0) is 19.3 Å². The second-order valence-electron chi connectivity index (χ2n) is 8.93. The van der Waals surface area contributed by atoms with E-state index < -0.39 is 23.1 Å². The third kappa shape index (κ3) is 5.89. The van der Waals surface area contributed by atoms with Gasteiger partial charge >= 0.3 is 6.18 Å². The van der Waals surface area contributed by atoms with E-state index in [1.165, 1.54) is 31.6 Å². The second kappa shape index (κ2) is 11.2. The molecule has 0 aliphatic rings. The van der Waals surface area contributed by atoms with E-state index in [9.17, 15) is 22.4 Å². The van der Waals surface area contributed by atoms with Crippen molar-refractivity contribution in [3.8, 4) is 5.75 Å². The number of nitrogens with zero attached hydrogens (tertiary/aromatic N) is 4. The molecule has 0 saturated carbocycles. The molecule has 1 aromatic carbocycles. The molecule has 0 saturated heterocycles. The number of rotatable bonds is 7. The van der Waals surface area contributed by atoms with E-state index in [0.29, 0.717) is 39.2 Å². The van der Waals surface area contributed by atoms with Crippen LogP contribution in [0.2, 0.25) is 0 Å². The summed E-state index contributed by atoms with van der Waals surface area (Å²) in [6.07, 6.45) is -0.420. The Balaban J connectivity index is 1.72. The molecule has 202 valence electrons. The van der Waals surface area contributed by atoms with Crippen molar-refractivity contribution in [1.29, 1.82) is 0 Å². The van der Waals surface area contributed by atoms with Gasteiger partial charge < -0.3 is 9.30 Å². The van der Waals surface area contributed by atoms with Crippen LogP contribution in [0, 0.1) is 13.8 Å². The summed E-state index contributed by atoms with van der Waals surface area (Å²) in [7, 11) is 0. The van der Waals surface area contributed by atoms with Gasteiger partial charge in [0.15, 0.2) is 0 Å². The van der Waals surface area contributed by atoms with Crippen molar-refractivity contribution >= 4 is 22.8 Å². The maximum absolute atomic E-state index is 14.4. The van der Waals surface area contributed by atoms with Crippen molar-refractivity contribution in [2.75, 3.05) is 0 Å². The molecule has 0 fully saturated rings. The lowest BCUT2D eigenvalue weighted by molar-refractivity contribution is -0.138. The first-order valence-corrected chi connectivity index (χ1v) is 12.1. The molecule has 0 radical (unpaired) electrons. The fraction of sp³-hybridized carbons (Fsp3) is 0.241. The van der Waals surface area contributed by atoms with Crippen molar-refractivity contribution in [2.24, 2.45) is 4.99 Å². The van der Waals surface area contributed by atoms with E-state index in [0.717, 1.165) is 16.2 Å². The summed E-state index contributed by atoms with van der Waals surface area (Å²) in [5.41, 5.74) is 1.34. The number of ether oxygens (including phenoxy) is 1. The van der Waals surface area contributed by atoms with Gasteiger partial charge in [-0.05, 0) is 63.6 Å². The number of fused-ring (bicyclic) bond motifs is 1. The highest BCUT2D eigenvalue weighted by molar-refractivity contribution is 5.96. The molecule has 0 aliphatic heterocycles. The van der Waals surface area contributed by atoms with Crippen LogP contribution in [0.1, 0.15) is 47.5 Å². The zero-order chi connectivity index (χ0) is 28.3. The van der Waals surface area contributed by atoms with Gasteiger partial charge in [0, 0.05) is 40.8 Å². The van der Waals surface area contributed by atoms with Crippen LogP contribution in [0.4, 0.5) is 17.6 Å². The molecule has 3 heterocycles. The first-order valence-electron chi connectivity index (χ1n) is 12.1. The quantitative estimate of drug-likeness (QED) is 0.192. The van der Waals surface area contributed by atoms with Crippen molar-refractivity contribution in [3.63, 3.8) is 0 Å². The summed E-state index contributed by atoms with van der Waals surface area (Å²) < 4.78 is 61.3. The summed E-state index contributed by atoms with van der Waals surface area (Å²) in [4.78, 5) is 25.6. The lowest BCUT2D eigenvalue weighted by atomic mass is 10.0. The molecule has 10 heteroatoms. The molecule has 0 amide bonds.